The number of aliphatic hydroxyl groups is 1. The van der Waals surface area contributed by atoms with Gasteiger partial charge in [0.1, 0.15) is 12.4 Å². The number of phenols is 1. The molecular formula is C18H20O4. The highest BCUT2D eigenvalue weighted by Crippen LogP contribution is 2.55. The van der Waals surface area contributed by atoms with Crippen molar-refractivity contribution < 1.29 is 19.8 Å². The fourth-order valence-corrected chi connectivity index (χ4v) is 4.20. The molecule has 0 radical (unpaired) electrons. The number of rotatable bonds is 3. The second kappa shape index (κ2) is 5.06. The average molecular weight is 300 g/mol. The molecular weight excluding hydrogens is 280 g/mol. The molecule has 0 saturated heterocycles. The molecule has 0 aliphatic heterocycles. The molecule has 0 aromatic heterocycles. The van der Waals surface area contributed by atoms with Gasteiger partial charge >= 0.3 is 0 Å². The van der Waals surface area contributed by atoms with Crippen molar-refractivity contribution in [2.24, 2.45) is 11.3 Å². The Morgan fingerprint density at radius 2 is 2.14 bits per heavy atom. The third kappa shape index (κ3) is 2.18. The van der Waals surface area contributed by atoms with Crippen molar-refractivity contribution in [3.8, 4) is 5.75 Å². The summed E-state index contributed by atoms with van der Waals surface area (Å²) < 4.78 is 0. The van der Waals surface area contributed by atoms with Crippen LogP contribution in [-0.4, -0.2) is 28.4 Å². The van der Waals surface area contributed by atoms with E-state index in [0.717, 1.165) is 23.1 Å². The van der Waals surface area contributed by atoms with Gasteiger partial charge in [0.05, 0.1) is 0 Å². The smallest absolute Gasteiger partial charge is 0.162 e. The van der Waals surface area contributed by atoms with E-state index in [4.69, 9.17) is 5.11 Å². The van der Waals surface area contributed by atoms with Crippen molar-refractivity contribution in [1.29, 1.82) is 0 Å². The maximum absolute atomic E-state index is 12.6. The first-order valence-electron chi connectivity index (χ1n) is 7.56. The SMILES string of the molecule is CC1=C2c3ccc(O)cc3C[C@]2(C)C[C@H](CC(=O)CO)C1=O. The number of phenolic OH excluding ortho intramolecular Hbond substituents is 1. The number of carbonyl (C=O) groups is 2. The van der Waals surface area contributed by atoms with Crippen LogP contribution >= 0.6 is 0 Å². The van der Waals surface area contributed by atoms with Gasteiger partial charge in [0.25, 0.3) is 0 Å². The number of benzene rings is 1. The van der Waals surface area contributed by atoms with E-state index in [1.54, 1.807) is 12.1 Å². The van der Waals surface area contributed by atoms with Crippen molar-refractivity contribution in [2.75, 3.05) is 6.61 Å². The van der Waals surface area contributed by atoms with Crippen molar-refractivity contribution in [3.05, 3.63) is 34.9 Å². The predicted octanol–water partition coefficient (Wildman–Crippen LogP) is 2.27. The molecule has 4 nitrogen and oxygen atoms in total. The number of allylic oxidation sites excluding steroid dienone is 2. The number of hydrogen-bond acceptors (Lipinski definition) is 4. The lowest BCUT2D eigenvalue weighted by atomic mass is 9.66. The number of Topliss-reactive ketones (excluding diaryl/α,β-unsaturated/α-hetero) is 2. The first-order chi connectivity index (χ1) is 10.4. The molecule has 1 aromatic rings. The number of aromatic hydroxyl groups is 1. The Labute approximate surface area is 129 Å². The molecule has 0 heterocycles. The van der Waals surface area contributed by atoms with Crippen LogP contribution in [-0.2, 0) is 16.0 Å². The van der Waals surface area contributed by atoms with Gasteiger partial charge in [-0.25, -0.2) is 0 Å². The zero-order chi connectivity index (χ0) is 16.1. The van der Waals surface area contributed by atoms with Gasteiger partial charge in [-0.05, 0) is 59.6 Å². The van der Waals surface area contributed by atoms with Crippen molar-refractivity contribution in [2.45, 2.75) is 33.1 Å². The van der Waals surface area contributed by atoms with Crippen LogP contribution in [0.25, 0.3) is 5.57 Å². The van der Waals surface area contributed by atoms with Gasteiger partial charge in [-0.1, -0.05) is 13.0 Å². The Hall–Kier alpha value is -1.94. The fraction of sp³-hybridized carbons (Fsp3) is 0.444. The lowest BCUT2D eigenvalue weighted by molar-refractivity contribution is -0.128. The minimum atomic E-state index is -0.510. The van der Waals surface area contributed by atoms with E-state index < -0.39 is 6.61 Å². The Bertz CT molecular complexity index is 701. The monoisotopic (exact) mass is 300 g/mol. The second-order valence-corrected chi connectivity index (χ2v) is 6.75. The summed E-state index contributed by atoms with van der Waals surface area (Å²) in [6, 6.07) is 5.29. The van der Waals surface area contributed by atoms with Crippen LogP contribution in [0.4, 0.5) is 0 Å². The summed E-state index contributed by atoms with van der Waals surface area (Å²) in [5.74, 6) is -0.393. The molecule has 2 atom stereocenters. The summed E-state index contributed by atoms with van der Waals surface area (Å²) in [5.41, 5.74) is 3.68. The third-order valence-corrected chi connectivity index (χ3v) is 5.01. The number of aliphatic hydroxyl groups excluding tert-OH is 1. The number of carbonyl (C=O) groups excluding carboxylic acids is 2. The van der Waals surface area contributed by atoms with Gasteiger partial charge in [-0.15, -0.1) is 0 Å². The summed E-state index contributed by atoms with van der Waals surface area (Å²) >= 11 is 0. The summed E-state index contributed by atoms with van der Waals surface area (Å²) in [7, 11) is 0. The van der Waals surface area contributed by atoms with Gasteiger partial charge in [0.15, 0.2) is 11.6 Å². The van der Waals surface area contributed by atoms with Gasteiger partial charge in [-0.2, -0.15) is 0 Å². The Kier molecular flexibility index (Phi) is 3.44. The molecule has 0 bridgehead atoms. The third-order valence-electron chi connectivity index (χ3n) is 5.01. The highest BCUT2D eigenvalue weighted by molar-refractivity contribution is 6.08. The number of ketones is 2. The zero-order valence-corrected chi connectivity index (χ0v) is 12.8. The van der Waals surface area contributed by atoms with Gasteiger partial charge < -0.3 is 10.2 Å². The van der Waals surface area contributed by atoms with Crippen LogP contribution in [0.15, 0.2) is 23.8 Å². The molecule has 0 spiro atoms. The zero-order valence-electron chi connectivity index (χ0n) is 12.8. The fourth-order valence-electron chi connectivity index (χ4n) is 4.20. The quantitative estimate of drug-likeness (QED) is 0.898. The van der Waals surface area contributed by atoms with E-state index in [-0.39, 0.29) is 35.1 Å². The van der Waals surface area contributed by atoms with E-state index >= 15 is 0 Å². The maximum atomic E-state index is 12.6. The standard InChI is InChI=1S/C18H20O4/c1-10-16-15-4-3-13(20)5-11(15)7-18(16,2)8-12(17(10)22)6-14(21)9-19/h3-5,12,19-20H,6-9H2,1-2H3/t12-,18+/m0/s1. The van der Waals surface area contributed by atoms with E-state index in [1.165, 1.54) is 0 Å². The molecule has 0 amide bonds. The van der Waals surface area contributed by atoms with Crippen LogP contribution in [0.5, 0.6) is 5.75 Å². The van der Waals surface area contributed by atoms with Crippen molar-refractivity contribution in [3.63, 3.8) is 0 Å². The average Bonchev–Trinajstić information content (AvgIpc) is 2.75. The van der Waals surface area contributed by atoms with E-state index in [0.29, 0.717) is 12.0 Å². The van der Waals surface area contributed by atoms with E-state index in [1.807, 2.05) is 13.0 Å². The lowest BCUT2D eigenvalue weighted by Gasteiger charge is -2.36. The molecule has 22 heavy (non-hydrogen) atoms. The second-order valence-electron chi connectivity index (χ2n) is 6.75. The summed E-state index contributed by atoms with van der Waals surface area (Å²) in [6.45, 7) is 3.43. The van der Waals surface area contributed by atoms with Crippen molar-refractivity contribution in [1.82, 2.24) is 0 Å². The highest BCUT2D eigenvalue weighted by atomic mass is 16.3. The maximum Gasteiger partial charge on any atom is 0.162 e. The molecule has 2 aliphatic rings. The van der Waals surface area contributed by atoms with E-state index in [2.05, 4.69) is 6.92 Å². The first kappa shape index (κ1) is 15.0. The van der Waals surface area contributed by atoms with Crippen LogP contribution < -0.4 is 0 Å². The van der Waals surface area contributed by atoms with Crippen LogP contribution in [0.1, 0.15) is 37.8 Å². The minimum absolute atomic E-state index is 0.00944. The molecule has 0 saturated carbocycles. The normalized spacial score (nSPS) is 26.9. The molecule has 1 aromatic carbocycles. The molecule has 2 N–H and O–H groups in total. The summed E-state index contributed by atoms with van der Waals surface area (Å²) in [5, 5.41) is 18.6. The number of fused-ring (bicyclic) bond motifs is 3. The Morgan fingerprint density at radius 1 is 1.41 bits per heavy atom. The lowest BCUT2D eigenvalue weighted by Crippen LogP contribution is -2.34. The molecule has 116 valence electrons. The van der Waals surface area contributed by atoms with Crippen LogP contribution in [0.2, 0.25) is 0 Å². The summed E-state index contributed by atoms with van der Waals surface area (Å²) in [4.78, 5) is 24.1. The minimum Gasteiger partial charge on any atom is -0.508 e. The Morgan fingerprint density at radius 3 is 2.82 bits per heavy atom. The molecule has 2 aliphatic carbocycles. The molecule has 3 rings (SSSR count). The summed E-state index contributed by atoms with van der Waals surface area (Å²) in [6.07, 6.45) is 1.48. The molecule has 0 fully saturated rings. The predicted molar refractivity (Wildman–Crippen MR) is 82.3 cm³/mol. The van der Waals surface area contributed by atoms with E-state index in [9.17, 15) is 14.7 Å². The first-order valence-corrected chi connectivity index (χ1v) is 7.56. The Balaban J connectivity index is 2.04. The highest BCUT2D eigenvalue weighted by Gasteiger charge is 2.46. The molecule has 4 heteroatoms. The number of hydrogen-bond donors (Lipinski definition) is 2. The topological polar surface area (TPSA) is 74.6 Å². The van der Waals surface area contributed by atoms with Crippen LogP contribution in [0.3, 0.4) is 0 Å². The largest absolute Gasteiger partial charge is 0.508 e. The van der Waals surface area contributed by atoms with Crippen LogP contribution in [0, 0.1) is 11.3 Å². The molecule has 0 unspecified atom stereocenters. The van der Waals surface area contributed by atoms with Gasteiger partial charge in [0.2, 0.25) is 0 Å². The van der Waals surface area contributed by atoms with Gasteiger partial charge in [-0.3, -0.25) is 9.59 Å². The van der Waals surface area contributed by atoms with Gasteiger partial charge in [0, 0.05) is 12.3 Å². The van der Waals surface area contributed by atoms with Crippen molar-refractivity contribution >= 4 is 17.1 Å².